The van der Waals surface area contributed by atoms with E-state index >= 15 is 0 Å². The lowest BCUT2D eigenvalue weighted by molar-refractivity contribution is 0.457. The number of halogens is 3. The third-order valence-corrected chi connectivity index (χ3v) is 6.34. The van der Waals surface area contributed by atoms with Gasteiger partial charge in [-0.2, -0.15) is 0 Å². The van der Waals surface area contributed by atoms with Gasteiger partial charge in [0, 0.05) is 10.9 Å². The van der Waals surface area contributed by atoms with Crippen molar-refractivity contribution in [1.82, 2.24) is 0 Å². The highest BCUT2D eigenvalue weighted by molar-refractivity contribution is 6.42. The molecule has 0 amide bonds. The summed E-state index contributed by atoms with van der Waals surface area (Å²) < 4.78 is 0. The molecule has 1 fully saturated rings. The lowest BCUT2D eigenvalue weighted by Crippen LogP contribution is -2.12. The second-order valence-corrected chi connectivity index (χ2v) is 6.35. The highest BCUT2D eigenvalue weighted by atomic mass is 35.5. The van der Waals surface area contributed by atoms with Gasteiger partial charge in [0.25, 0.3) is 0 Å². The predicted molar refractivity (Wildman–Crippen MR) is 65.4 cm³/mol. The minimum absolute atomic E-state index is 0.0198. The molecular formula is C11H17Cl3. The van der Waals surface area contributed by atoms with Crippen molar-refractivity contribution >= 4 is 34.8 Å². The Labute approximate surface area is 102 Å². The summed E-state index contributed by atoms with van der Waals surface area (Å²) in [4.78, 5) is -0.444. The topological polar surface area (TPSA) is 0 Å². The Kier molecular flexibility index (Phi) is 2.99. The molecule has 0 nitrogen and oxygen atoms in total. The van der Waals surface area contributed by atoms with E-state index in [0.717, 1.165) is 10.6 Å². The van der Waals surface area contributed by atoms with E-state index in [0.29, 0.717) is 5.88 Å². The minimum Gasteiger partial charge on any atom is -0.122 e. The van der Waals surface area contributed by atoms with Gasteiger partial charge in [-0.15, -0.1) is 23.2 Å². The molecule has 0 atom stereocenters. The molecule has 0 aromatic carbocycles. The van der Waals surface area contributed by atoms with Crippen LogP contribution < -0.4 is 0 Å². The second kappa shape index (κ2) is 3.30. The Balaban J connectivity index is 3.15. The van der Waals surface area contributed by atoms with Crippen molar-refractivity contribution in [2.75, 3.05) is 5.88 Å². The van der Waals surface area contributed by atoms with E-state index in [1.165, 1.54) is 0 Å². The Morgan fingerprint density at radius 2 is 1.43 bits per heavy atom. The van der Waals surface area contributed by atoms with Crippen LogP contribution in [-0.4, -0.2) is 10.8 Å². The molecule has 1 aliphatic rings. The van der Waals surface area contributed by atoms with Gasteiger partial charge in [-0.1, -0.05) is 39.3 Å². The number of allylic oxidation sites excluding steroid dienone is 2. The van der Waals surface area contributed by atoms with Crippen molar-refractivity contribution in [2.24, 2.45) is 10.8 Å². The van der Waals surface area contributed by atoms with Crippen molar-refractivity contribution in [3.8, 4) is 0 Å². The summed E-state index contributed by atoms with van der Waals surface area (Å²) in [6, 6.07) is 0. The van der Waals surface area contributed by atoms with Gasteiger partial charge < -0.3 is 0 Å². The van der Waals surface area contributed by atoms with Crippen LogP contribution in [0.1, 0.15) is 34.6 Å². The standard InChI is InChI=1S/C11H17Cl3/c1-7(6-12)8(13)11(14)9(2,3)10(11,4)5/h6H2,1-5H3/b8-7+. The van der Waals surface area contributed by atoms with Crippen molar-refractivity contribution in [3.05, 3.63) is 10.6 Å². The lowest BCUT2D eigenvalue weighted by atomic mass is 10.0. The summed E-state index contributed by atoms with van der Waals surface area (Å²) in [5, 5.41) is 0.726. The molecule has 1 rings (SSSR count). The Morgan fingerprint density at radius 3 is 1.64 bits per heavy atom. The highest BCUT2D eigenvalue weighted by Gasteiger charge is 2.78. The fourth-order valence-corrected chi connectivity index (χ4v) is 3.47. The van der Waals surface area contributed by atoms with Gasteiger partial charge in [-0.3, -0.25) is 0 Å². The van der Waals surface area contributed by atoms with Crippen LogP contribution in [0, 0.1) is 10.8 Å². The van der Waals surface area contributed by atoms with Crippen molar-refractivity contribution in [2.45, 2.75) is 39.5 Å². The number of hydrogen-bond acceptors (Lipinski definition) is 0. The third-order valence-electron chi connectivity index (χ3n) is 4.10. The first-order valence-corrected chi connectivity index (χ1v) is 6.04. The average Bonchev–Trinajstić information content (AvgIpc) is 2.42. The van der Waals surface area contributed by atoms with E-state index in [1.807, 2.05) is 6.92 Å². The van der Waals surface area contributed by atoms with E-state index in [-0.39, 0.29) is 10.8 Å². The second-order valence-electron chi connectivity index (χ2n) is 5.14. The molecule has 0 N–H and O–H groups in total. The van der Waals surface area contributed by atoms with Crippen molar-refractivity contribution in [3.63, 3.8) is 0 Å². The lowest BCUT2D eigenvalue weighted by Gasteiger charge is -2.14. The molecule has 82 valence electrons. The summed E-state index contributed by atoms with van der Waals surface area (Å²) in [7, 11) is 0. The van der Waals surface area contributed by atoms with E-state index < -0.39 is 4.87 Å². The van der Waals surface area contributed by atoms with Gasteiger partial charge in [-0.25, -0.2) is 0 Å². The molecule has 0 aromatic heterocycles. The molecule has 0 spiro atoms. The van der Waals surface area contributed by atoms with Crippen LogP contribution >= 0.6 is 34.8 Å². The van der Waals surface area contributed by atoms with Gasteiger partial charge in [0.15, 0.2) is 0 Å². The molecule has 0 heterocycles. The molecule has 0 aromatic rings. The van der Waals surface area contributed by atoms with E-state index in [9.17, 15) is 0 Å². The normalized spacial score (nSPS) is 28.3. The Bertz CT molecular complexity index is 273. The maximum Gasteiger partial charge on any atom is 0.0913 e. The van der Waals surface area contributed by atoms with E-state index in [4.69, 9.17) is 34.8 Å². The van der Waals surface area contributed by atoms with Crippen LogP contribution in [0.25, 0.3) is 0 Å². The summed E-state index contributed by atoms with van der Waals surface area (Å²) in [6.07, 6.45) is 0. The summed E-state index contributed by atoms with van der Waals surface area (Å²) in [5.41, 5.74) is 1.01. The smallest absolute Gasteiger partial charge is 0.0913 e. The maximum absolute atomic E-state index is 6.60. The van der Waals surface area contributed by atoms with Gasteiger partial charge in [0.1, 0.15) is 0 Å². The van der Waals surface area contributed by atoms with Gasteiger partial charge in [-0.05, 0) is 23.3 Å². The summed E-state index contributed by atoms with van der Waals surface area (Å²) >= 11 is 18.7. The zero-order valence-corrected chi connectivity index (χ0v) is 11.6. The minimum atomic E-state index is -0.444. The fourth-order valence-electron chi connectivity index (χ4n) is 2.15. The number of rotatable bonds is 2. The molecule has 14 heavy (non-hydrogen) atoms. The van der Waals surface area contributed by atoms with E-state index in [2.05, 4.69) is 27.7 Å². The third kappa shape index (κ3) is 1.20. The molecule has 0 saturated heterocycles. The first-order chi connectivity index (χ1) is 6.14. The quantitative estimate of drug-likeness (QED) is 0.623. The number of alkyl halides is 2. The SMILES string of the molecule is C/C(CCl)=C(\Cl)C1(Cl)C(C)(C)C1(C)C. The van der Waals surface area contributed by atoms with Crippen LogP contribution in [0.2, 0.25) is 0 Å². The largest absolute Gasteiger partial charge is 0.122 e. The first-order valence-electron chi connectivity index (χ1n) is 4.75. The Hall–Kier alpha value is 0.610. The molecule has 0 radical (unpaired) electrons. The molecule has 0 bridgehead atoms. The molecule has 3 heteroatoms. The molecule has 1 saturated carbocycles. The zero-order chi connectivity index (χ0) is 11.4. The van der Waals surface area contributed by atoms with Crippen LogP contribution in [0.4, 0.5) is 0 Å². The monoisotopic (exact) mass is 254 g/mol. The predicted octanol–water partition coefficient (Wildman–Crippen LogP) is 4.78. The highest BCUT2D eigenvalue weighted by Crippen LogP contribution is 2.78. The Morgan fingerprint density at radius 1 is 1.07 bits per heavy atom. The average molecular weight is 256 g/mol. The first kappa shape index (κ1) is 12.7. The van der Waals surface area contributed by atoms with Crippen LogP contribution in [0.3, 0.4) is 0 Å². The van der Waals surface area contributed by atoms with Gasteiger partial charge >= 0.3 is 0 Å². The number of hydrogen-bond donors (Lipinski definition) is 0. The zero-order valence-electron chi connectivity index (χ0n) is 9.34. The molecule has 1 aliphatic carbocycles. The van der Waals surface area contributed by atoms with Crippen LogP contribution in [-0.2, 0) is 0 Å². The van der Waals surface area contributed by atoms with E-state index in [1.54, 1.807) is 0 Å². The van der Waals surface area contributed by atoms with Gasteiger partial charge in [0.05, 0.1) is 4.87 Å². The maximum atomic E-state index is 6.60. The molecular weight excluding hydrogens is 238 g/mol. The van der Waals surface area contributed by atoms with Crippen LogP contribution in [0.5, 0.6) is 0 Å². The fraction of sp³-hybridized carbons (Fsp3) is 0.818. The van der Waals surface area contributed by atoms with Gasteiger partial charge in [0.2, 0.25) is 0 Å². The molecule has 0 unspecified atom stereocenters. The van der Waals surface area contributed by atoms with Crippen LogP contribution in [0.15, 0.2) is 10.6 Å². The van der Waals surface area contributed by atoms with Crippen molar-refractivity contribution < 1.29 is 0 Å². The summed E-state index contributed by atoms with van der Waals surface area (Å²) in [6.45, 7) is 10.5. The summed E-state index contributed by atoms with van der Waals surface area (Å²) in [5.74, 6) is 0.444. The molecule has 0 aliphatic heterocycles. The van der Waals surface area contributed by atoms with Crippen molar-refractivity contribution in [1.29, 1.82) is 0 Å².